The summed E-state index contributed by atoms with van der Waals surface area (Å²) in [7, 11) is 0. The first kappa shape index (κ1) is 50.6. The van der Waals surface area contributed by atoms with Gasteiger partial charge in [-0.2, -0.15) is 0 Å². The minimum Gasteiger partial charge on any atom is -0.459 e. The monoisotopic (exact) mass is 963 g/mol. The second kappa shape index (κ2) is 18.3. The number of amides is 1. The zero-order valence-corrected chi connectivity index (χ0v) is 42.1. The van der Waals surface area contributed by atoms with E-state index < -0.39 is 66.6 Å². The van der Waals surface area contributed by atoms with Crippen LogP contribution >= 0.6 is 0 Å². The molecule has 3 heterocycles. The maximum absolute atomic E-state index is 14.7. The van der Waals surface area contributed by atoms with E-state index in [9.17, 15) is 35.1 Å². The fraction of sp³-hybridized carbons (Fsp3) is 0.774. The van der Waals surface area contributed by atoms with Crippen LogP contribution < -0.4 is 5.32 Å². The number of aryl methyl sites for hydroxylation is 1. The molecule has 2 aromatic rings. The fourth-order valence-corrected chi connectivity index (χ4v) is 15.2. The second-order valence-corrected chi connectivity index (χ2v) is 24.3. The Morgan fingerprint density at radius 3 is 2.38 bits per heavy atom. The van der Waals surface area contributed by atoms with Crippen molar-refractivity contribution in [3.8, 4) is 5.69 Å². The molecular weight excluding hydrogens is 885 g/mol. The van der Waals surface area contributed by atoms with Gasteiger partial charge in [0.05, 0.1) is 36.6 Å². The van der Waals surface area contributed by atoms with Gasteiger partial charge in [0.1, 0.15) is 55.0 Å². The minimum absolute atomic E-state index is 0.0295. The van der Waals surface area contributed by atoms with Crippen molar-refractivity contribution < 1.29 is 58.8 Å². The largest absolute Gasteiger partial charge is 0.459 e. The number of nitrogens with zero attached hydrogens (tertiary/aromatic N) is 3. The first-order valence-electron chi connectivity index (χ1n) is 25.5. The first-order chi connectivity index (χ1) is 32.4. The number of hydrogen-bond donors (Lipinski definition) is 6. The summed E-state index contributed by atoms with van der Waals surface area (Å²) < 4.78 is 32.4. The molecule has 6 N–H and O–H groups in total. The van der Waals surface area contributed by atoms with E-state index in [1.54, 1.807) is 4.68 Å². The van der Waals surface area contributed by atoms with Crippen LogP contribution in [-0.2, 0) is 39.9 Å². The average Bonchev–Trinajstić information content (AvgIpc) is 3.77. The normalized spacial score (nSPS) is 43.5. The Morgan fingerprint density at radius 2 is 1.64 bits per heavy atom. The van der Waals surface area contributed by atoms with E-state index in [1.165, 1.54) is 12.5 Å². The van der Waals surface area contributed by atoms with Crippen molar-refractivity contribution in [3.63, 3.8) is 0 Å². The number of benzene rings is 1. The Bertz CT molecular complexity index is 2270. The minimum atomic E-state index is -1.55. The molecule has 17 atom stereocenters. The number of aliphatic hydroxyl groups excluding tert-OH is 5. The Morgan fingerprint density at radius 1 is 0.884 bits per heavy atom. The quantitative estimate of drug-likeness (QED) is 0.102. The van der Waals surface area contributed by atoms with Crippen molar-refractivity contribution in [1.29, 1.82) is 0 Å². The summed E-state index contributed by atoms with van der Waals surface area (Å²) in [4.78, 5) is 27.2. The molecule has 6 fully saturated rings. The molecule has 16 nitrogen and oxygen atoms in total. The van der Waals surface area contributed by atoms with E-state index in [0.717, 1.165) is 69.0 Å². The van der Waals surface area contributed by atoms with E-state index in [4.69, 9.17) is 23.7 Å². The second-order valence-electron chi connectivity index (χ2n) is 24.3. The van der Waals surface area contributed by atoms with Gasteiger partial charge in [0.25, 0.3) is 0 Å². The molecule has 2 saturated heterocycles. The van der Waals surface area contributed by atoms with Crippen LogP contribution in [0, 0.1) is 57.2 Å². The predicted molar refractivity (Wildman–Crippen MR) is 252 cm³/mol. The van der Waals surface area contributed by atoms with Crippen molar-refractivity contribution >= 4 is 11.9 Å². The highest BCUT2D eigenvalue weighted by Gasteiger charge is 2.70. The number of carbonyl (C=O) groups is 2. The highest BCUT2D eigenvalue weighted by Crippen LogP contribution is 2.76. The Balaban J connectivity index is 0.926. The molecule has 69 heavy (non-hydrogen) atoms. The van der Waals surface area contributed by atoms with Crippen LogP contribution in [0.1, 0.15) is 131 Å². The molecule has 0 radical (unpaired) electrons. The number of aromatic nitrogens is 3. The number of esters is 1. The Kier molecular flexibility index (Phi) is 13.4. The van der Waals surface area contributed by atoms with Crippen LogP contribution in [0.3, 0.4) is 0 Å². The highest BCUT2D eigenvalue weighted by atomic mass is 16.7. The third kappa shape index (κ3) is 8.62. The van der Waals surface area contributed by atoms with Gasteiger partial charge in [0.15, 0.2) is 12.6 Å². The van der Waals surface area contributed by atoms with Gasteiger partial charge in [-0.25, -0.2) is 4.68 Å². The van der Waals surface area contributed by atoms with Gasteiger partial charge in [0.2, 0.25) is 5.91 Å². The standard InChI is InChI=1S/C53H78N4O12/c1-29-11-10-12-32(23-29)57-25-31(55-56-57)26-67-47(64)53-21-19-48(3,4)24-34(53)33-13-14-38-50(7)17-16-39(49(5,6)37(50)15-18-52(38,9)51(33,8)20-22-53)69-45-40(54-30(2)58)43(62)42(61)36(68-45)28-66-46-44(63)41(60)35(59)27-65-46/h10-13,23,25,34-46,59-63H,14-22,24,26-28H2,1-9H3,(H,54,58)/t34-,35-,36+,37-,38+,39-,40+,41-,42+,43+,44-,45-,46-,50-,51+,52+,53-/m0/s1. The van der Waals surface area contributed by atoms with Crippen molar-refractivity contribution in [1.82, 2.24) is 20.3 Å². The van der Waals surface area contributed by atoms with E-state index in [1.807, 2.05) is 37.4 Å². The molecule has 382 valence electrons. The summed E-state index contributed by atoms with van der Waals surface area (Å²) in [5, 5.41) is 64.7. The molecular formula is C53H78N4O12. The average molecular weight is 963 g/mol. The van der Waals surface area contributed by atoms with Gasteiger partial charge in [-0.3, -0.25) is 9.59 Å². The summed E-state index contributed by atoms with van der Waals surface area (Å²) in [5.74, 6) is 0.186. The zero-order chi connectivity index (χ0) is 49.6. The van der Waals surface area contributed by atoms with Gasteiger partial charge >= 0.3 is 5.97 Å². The van der Waals surface area contributed by atoms with E-state index in [-0.39, 0.29) is 70.8 Å². The lowest BCUT2D eigenvalue weighted by Gasteiger charge is -2.71. The van der Waals surface area contributed by atoms with Crippen molar-refractivity contribution in [2.45, 2.75) is 194 Å². The molecule has 0 bridgehead atoms. The third-order valence-corrected chi connectivity index (χ3v) is 19.4. The molecule has 2 aliphatic heterocycles. The van der Waals surface area contributed by atoms with E-state index in [2.05, 4.69) is 70.2 Å². The zero-order valence-electron chi connectivity index (χ0n) is 42.1. The molecule has 9 rings (SSSR count). The van der Waals surface area contributed by atoms with Crippen LogP contribution in [-0.4, -0.2) is 127 Å². The molecule has 0 unspecified atom stereocenters. The maximum Gasteiger partial charge on any atom is 0.313 e. The van der Waals surface area contributed by atoms with Crippen molar-refractivity contribution in [3.05, 3.63) is 53.4 Å². The maximum atomic E-state index is 14.7. The number of nitrogens with one attached hydrogen (secondary N) is 1. The van der Waals surface area contributed by atoms with E-state index in [0.29, 0.717) is 18.0 Å². The number of rotatable bonds is 10. The number of allylic oxidation sites excluding steroid dienone is 2. The lowest BCUT2D eigenvalue weighted by atomic mass is 9.33. The Hall–Kier alpha value is -3.32. The van der Waals surface area contributed by atoms with Crippen LogP contribution in [0.2, 0.25) is 0 Å². The number of hydrogen-bond acceptors (Lipinski definition) is 14. The molecule has 7 aliphatic rings. The molecule has 1 aromatic carbocycles. The highest BCUT2D eigenvalue weighted by molar-refractivity contribution is 5.79. The number of ether oxygens (including phenoxy) is 5. The lowest BCUT2D eigenvalue weighted by molar-refractivity contribution is -0.322. The van der Waals surface area contributed by atoms with E-state index >= 15 is 0 Å². The lowest BCUT2D eigenvalue weighted by Crippen LogP contribution is -2.67. The molecule has 4 saturated carbocycles. The molecule has 16 heteroatoms. The fourth-order valence-electron chi connectivity index (χ4n) is 15.2. The number of aliphatic hydroxyl groups is 5. The van der Waals surface area contributed by atoms with Crippen LogP contribution in [0.25, 0.3) is 5.69 Å². The summed E-state index contributed by atoms with van der Waals surface area (Å²) in [6.07, 6.45) is 2.13. The summed E-state index contributed by atoms with van der Waals surface area (Å²) in [5.41, 5.74) is 3.03. The van der Waals surface area contributed by atoms with Gasteiger partial charge < -0.3 is 54.5 Å². The first-order valence-corrected chi connectivity index (χ1v) is 25.5. The molecule has 1 amide bonds. The summed E-state index contributed by atoms with van der Waals surface area (Å²) in [6.45, 7) is 19.6. The van der Waals surface area contributed by atoms with Crippen LogP contribution in [0.5, 0.6) is 0 Å². The molecule has 0 spiro atoms. The van der Waals surface area contributed by atoms with Crippen LogP contribution in [0.15, 0.2) is 42.1 Å². The molecule has 5 aliphatic carbocycles. The summed E-state index contributed by atoms with van der Waals surface area (Å²) in [6, 6.07) is 6.98. The third-order valence-electron chi connectivity index (χ3n) is 19.4. The molecule has 1 aromatic heterocycles. The smallest absolute Gasteiger partial charge is 0.313 e. The number of carbonyl (C=O) groups excluding carboxylic acids is 2. The SMILES string of the molecule is CC(=O)N[C@H]1[C@H](O[C@H]2CC[C@]3(C)[C@H]4CC=C5[C@@H]6CC(C)(C)CC[C@]6(C(=O)OCc6cn(-c7cccc(C)c7)nn6)CC[C@@]5(C)[C@]4(C)CC[C@H]3C2(C)C)O[C@H](CO[C@@H]2OC[C@H](O)[C@H](O)[C@@H]2O)[C@@H](O)[C@@H]1O. The summed E-state index contributed by atoms with van der Waals surface area (Å²) >= 11 is 0. The van der Waals surface area contributed by atoms with Gasteiger partial charge in [0, 0.05) is 6.92 Å². The topological polar surface area (TPSA) is 224 Å². The van der Waals surface area contributed by atoms with Crippen molar-refractivity contribution in [2.75, 3.05) is 13.2 Å². The van der Waals surface area contributed by atoms with Gasteiger partial charge in [-0.15, -0.1) is 5.10 Å². The van der Waals surface area contributed by atoms with Crippen LogP contribution in [0.4, 0.5) is 0 Å². The predicted octanol–water partition coefficient (Wildman–Crippen LogP) is 5.21. The van der Waals surface area contributed by atoms with Gasteiger partial charge in [-0.1, -0.05) is 77.5 Å². The van der Waals surface area contributed by atoms with Crippen molar-refractivity contribution in [2.24, 2.45) is 50.2 Å². The van der Waals surface area contributed by atoms with Gasteiger partial charge in [-0.05, 0) is 134 Å². The number of fused-ring (bicyclic) bond motifs is 7. The Labute approximate surface area is 406 Å².